The Balaban J connectivity index is 3.51. The van der Waals surface area contributed by atoms with E-state index in [-0.39, 0.29) is 25.2 Å². The summed E-state index contributed by atoms with van der Waals surface area (Å²) in [6, 6.07) is 0. The number of aliphatic hydroxyl groups is 1. The van der Waals surface area contributed by atoms with Gasteiger partial charge in [-0.25, -0.2) is 0 Å². The lowest BCUT2D eigenvalue weighted by Gasteiger charge is -2.12. The lowest BCUT2D eigenvalue weighted by Crippen LogP contribution is -2.25. The van der Waals surface area contributed by atoms with E-state index in [0.717, 1.165) is 77.0 Å². The molecule has 0 saturated heterocycles. The van der Waals surface area contributed by atoms with Crippen molar-refractivity contribution < 1.29 is 24.2 Å². The van der Waals surface area contributed by atoms with Gasteiger partial charge in [-0.15, -0.1) is 0 Å². The van der Waals surface area contributed by atoms with E-state index in [9.17, 15) is 14.7 Å². The predicted octanol–water partition coefficient (Wildman–Crippen LogP) is 13.7. The molecule has 0 unspecified atom stereocenters. The molecule has 0 aromatic heterocycles. The van der Waals surface area contributed by atoms with Gasteiger partial charge in [-0.05, 0) is 83.5 Å². The summed E-state index contributed by atoms with van der Waals surface area (Å²) < 4.78 is 10.3. The molecule has 0 fully saturated rings. The van der Waals surface area contributed by atoms with E-state index in [1.165, 1.54) is 89.9 Å². The van der Waals surface area contributed by atoms with Crippen LogP contribution in [0.1, 0.15) is 194 Å². The number of esters is 2. The smallest absolute Gasteiger partial charge is 0.305 e. The van der Waals surface area contributed by atoms with Crippen molar-refractivity contribution in [3.8, 4) is 0 Å². The summed E-state index contributed by atoms with van der Waals surface area (Å²) in [5, 5.41) is 10.0. The van der Waals surface area contributed by atoms with Crippen molar-refractivity contribution in [3.63, 3.8) is 0 Å². The van der Waals surface area contributed by atoms with Crippen molar-refractivity contribution in [3.05, 3.63) is 72.9 Å². The standard InChI is InChI=1S/C47H80O5/c1-3-5-7-9-11-13-15-17-19-21-23-25-27-29-31-33-35-37-39-41-46(49)51-43-45(48)44-52-47(50)42-40-38-36-34-32-30-28-26-24-22-20-18-16-14-12-10-8-6-4-2/h5,7,11,13,17-20,23,25,29,31,45,48H,3-4,6,8-10,12,14-16,21-22,24,26-28,30,32-44H2,1-2H3/b7-5-,13-11-,19-17-,20-18-,25-23-,31-29-/t45-/m0/s1. The maximum absolute atomic E-state index is 12.0. The van der Waals surface area contributed by atoms with Crippen LogP contribution in [0.3, 0.4) is 0 Å². The van der Waals surface area contributed by atoms with Gasteiger partial charge in [0.2, 0.25) is 0 Å². The highest BCUT2D eigenvalue weighted by Crippen LogP contribution is 2.13. The molecule has 298 valence electrons. The molecule has 0 aliphatic rings. The van der Waals surface area contributed by atoms with Gasteiger partial charge in [0.05, 0.1) is 0 Å². The van der Waals surface area contributed by atoms with Gasteiger partial charge in [0.1, 0.15) is 19.3 Å². The van der Waals surface area contributed by atoms with E-state index in [1.807, 2.05) is 0 Å². The van der Waals surface area contributed by atoms with Crippen LogP contribution in [0, 0.1) is 0 Å². The molecule has 0 aliphatic carbocycles. The highest BCUT2D eigenvalue weighted by molar-refractivity contribution is 5.69. The number of ether oxygens (including phenoxy) is 2. The van der Waals surface area contributed by atoms with E-state index < -0.39 is 6.10 Å². The molecule has 52 heavy (non-hydrogen) atoms. The van der Waals surface area contributed by atoms with Crippen LogP contribution in [0.2, 0.25) is 0 Å². The molecule has 5 heteroatoms. The highest BCUT2D eigenvalue weighted by atomic mass is 16.6. The van der Waals surface area contributed by atoms with E-state index in [4.69, 9.17) is 9.47 Å². The van der Waals surface area contributed by atoms with Crippen LogP contribution in [-0.2, 0) is 19.1 Å². The second kappa shape index (κ2) is 42.8. The molecule has 0 heterocycles. The minimum Gasteiger partial charge on any atom is -0.463 e. The third-order valence-corrected chi connectivity index (χ3v) is 8.93. The summed E-state index contributed by atoms with van der Waals surface area (Å²) >= 11 is 0. The molecule has 0 rings (SSSR count). The van der Waals surface area contributed by atoms with Crippen LogP contribution in [0.4, 0.5) is 0 Å². The fourth-order valence-electron chi connectivity index (χ4n) is 5.69. The average molecular weight is 725 g/mol. The van der Waals surface area contributed by atoms with Crippen molar-refractivity contribution in [1.82, 2.24) is 0 Å². The van der Waals surface area contributed by atoms with E-state index in [0.29, 0.717) is 12.8 Å². The van der Waals surface area contributed by atoms with Crippen molar-refractivity contribution in [2.75, 3.05) is 13.2 Å². The quantitative estimate of drug-likeness (QED) is 0.0390. The van der Waals surface area contributed by atoms with Gasteiger partial charge < -0.3 is 14.6 Å². The van der Waals surface area contributed by atoms with Crippen LogP contribution >= 0.6 is 0 Å². The average Bonchev–Trinajstić information content (AvgIpc) is 3.15. The Kier molecular flexibility index (Phi) is 40.6. The third-order valence-electron chi connectivity index (χ3n) is 8.93. The van der Waals surface area contributed by atoms with E-state index >= 15 is 0 Å². The van der Waals surface area contributed by atoms with Crippen molar-refractivity contribution >= 4 is 11.9 Å². The zero-order valence-corrected chi connectivity index (χ0v) is 33.8. The molecule has 0 aliphatic heterocycles. The minimum atomic E-state index is -0.982. The molecule has 1 N–H and O–H groups in total. The van der Waals surface area contributed by atoms with Crippen molar-refractivity contribution in [2.45, 2.75) is 200 Å². The van der Waals surface area contributed by atoms with Gasteiger partial charge in [0.25, 0.3) is 0 Å². The molecular formula is C47H80O5. The number of aliphatic hydroxyl groups excluding tert-OH is 1. The molecule has 0 bridgehead atoms. The number of rotatable bonds is 38. The molecule has 0 aromatic rings. The number of carbonyl (C=O) groups excluding carboxylic acids is 2. The molecule has 5 nitrogen and oxygen atoms in total. The Hall–Kier alpha value is -2.66. The number of hydrogen-bond donors (Lipinski definition) is 1. The van der Waals surface area contributed by atoms with Crippen LogP contribution in [0.5, 0.6) is 0 Å². The molecule has 0 amide bonds. The van der Waals surface area contributed by atoms with Gasteiger partial charge in [-0.2, -0.15) is 0 Å². The Morgan fingerprint density at radius 3 is 1.13 bits per heavy atom. The second-order valence-electron chi connectivity index (χ2n) is 14.1. The zero-order chi connectivity index (χ0) is 37.8. The molecule has 0 spiro atoms. The monoisotopic (exact) mass is 725 g/mol. The summed E-state index contributed by atoms with van der Waals surface area (Å²) in [5.74, 6) is -0.606. The summed E-state index contributed by atoms with van der Waals surface area (Å²) in [5.41, 5.74) is 0. The van der Waals surface area contributed by atoms with Gasteiger partial charge in [0, 0.05) is 12.8 Å². The number of carbonyl (C=O) groups is 2. The molecular weight excluding hydrogens is 645 g/mol. The van der Waals surface area contributed by atoms with Gasteiger partial charge in [0.15, 0.2) is 0 Å². The Morgan fingerprint density at radius 2 is 0.731 bits per heavy atom. The van der Waals surface area contributed by atoms with Gasteiger partial charge >= 0.3 is 11.9 Å². The molecule has 0 radical (unpaired) electrons. The predicted molar refractivity (Wildman–Crippen MR) is 223 cm³/mol. The molecule has 0 aromatic carbocycles. The van der Waals surface area contributed by atoms with Crippen LogP contribution in [-0.4, -0.2) is 36.4 Å². The summed E-state index contributed by atoms with van der Waals surface area (Å²) in [6.45, 7) is 4.15. The fraction of sp³-hybridized carbons (Fsp3) is 0.702. The Bertz CT molecular complexity index is 957. The number of unbranched alkanes of at least 4 members (excludes halogenated alkanes) is 18. The van der Waals surface area contributed by atoms with Gasteiger partial charge in [-0.3, -0.25) is 9.59 Å². The second-order valence-corrected chi connectivity index (χ2v) is 14.1. The van der Waals surface area contributed by atoms with Crippen molar-refractivity contribution in [1.29, 1.82) is 0 Å². The minimum absolute atomic E-state index is 0.131. The molecule has 1 atom stereocenters. The van der Waals surface area contributed by atoms with Crippen molar-refractivity contribution in [2.24, 2.45) is 0 Å². The first-order valence-electron chi connectivity index (χ1n) is 21.5. The topological polar surface area (TPSA) is 72.8 Å². The van der Waals surface area contributed by atoms with Gasteiger partial charge in [-0.1, -0.05) is 170 Å². The maximum Gasteiger partial charge on any atom is 0.305 e. The SMILES string of the molecule is CC/C=C\C/C=C\C/C=C\C/C=C\C/C=C\CCCCCC(=O)OC[C@H](O)COC(=O)CCCCCCCCCCC/C=C\CCCCCCCC. The largest absolute Gasteiger partial charge is 0.463 e. The first kappa shape index (κ1) is 49.3. The van der Waals surface area contributed by atoms with Crippen LogP contribution < -0.4 is 0 Å². The number of allylic oxidation sites excluding steroid dienone is 12. The summed E-state index contributed by atoms with van der Waals surface area (Å²) in [4.78, 5) is 24.0. The maximum atomic E-state index is 12.0. The van der Waals surface area contributed by atoms with E-state index in [1.54, 1.807) is 0 Å². The number of hydrogen-bond acceptors (Lipinski definition) is 5. The Morgan fingerprint density at radius 1 is 0.423 bits per heavy atom. The molecule has 0 saturated carbocycles. The van der Waals surface area contributed by atoms with Crippen LogP contribution in [0.15, 0.2) is 72.9 Å². The lowest BCUT2D eigenvalue weighted by atomic mass is 10.1. The normalized spacial score (nSPS) is 12.9. The first-order valence-corrected chi connectivity index (χ1v) is 21.5. The summed E-state index contributed by atoms with van der Waals surface area (Å²) in [6.07, 6.45) is 56.8. The van der Waals surface area contributed by atoms with E-state index in [2.05, 4.69) is 86.8 Å². The Labute approximate surface area is 321 Å². The third kappa shape index (κ3) is 41.8. The summed E-state index contributed by atoms with van der Waals surface area (Å²) in [7, 11) is 0. The zero-order valence-electron chi connectivity index (χ0n) is 33.8. The van der Waals surface area contributed by atoms with Crippen LogP contribution in [0.25, 0.3) is 0 Å². The lowest BCUT2D eigenvalue weighted by molar-refractivity contribution is -0.152. The fourth-order valence-corrected chi connectivity index (χ4v) is 5.69. The highest BCUT2D eigenvalue weighted by Gasteiger charge is 2.12. The first-order chi connectivity index (χ1) is 25.6.